The maximum atomic E-state index is 12.0. The summed E-state index contributed by atoms with van der Waals surface area (Å²) in [6.07, 6.45) is 1.36. The zero-order valence-corrected chi connectivity index (χ0v) is 12.5. The van der Waals surface area contributed by atoms with Gasteiger partial charge in [-0.2, -0.15) is 0 Å². The summed E-state index contributed by atoms with van der Waals surface area (Å²) in [5, 5.41) is 2.81. The van der Waals surface area contributed by atoms with E-state index in [1.807, 2.05) is 38.1 Å². The standard InChI is InChI=1S/C16H24N2O2/c1-4-12-5-7-13(8-6-12)14(19)9-10-15(20)18-16(2,3)11-17/h5-8H,4,9-11,17H2,1-3H3,(H,18,20). The Balaban J connectivity index is 2.48. The molecule has 0 aromatic heterocycles. The normalized spacial score (nSPS) is 11.2. The van der Waals surface area contributed by atoms with E-state index in [2.05, 4.69) is 12.2 Å². The van der Waals surface area contributed by atoms with Crippen LogP contribution >= 0.6 is 0 Å². The molecule has 0 atom stereocenters. The molecule has 0 unspecified atom stereocenters. The summed E-state index contributed by atoms with van der Waals surface area (Å²) in [5.74, 6) is -0.146. The molecular formula is C16H24N2O2. The van der Waals surface area contributed by atoms with Crippen molar-refractivity contribution in [3.63, 3.8) is 0 Å². The van der Waals surface area contributed by atoms with Crippen molar-refractivity contribution in [2.45, 2.75) is 45.6 Å². The van der Waals surface area contributed by atoms with Crippen LogP contribution in [-0.2, 0) is 11.2 Å². The van der Waals surface area contributed by atoms with E-state index >= 15 is 0 Å². The van der Waals surface area contributed by atoms with Crippen LogP contribution in [0.2, 0.25) is 0 Å². The van der Waals surface area contributed by atoms with Gasteiger partial charge in [0, 0.05) is 30.5 Å². The molecule has 1 rings (SSSR count). The smallest absolute Gasteiger partial charge is 0.220 e. The highest BCUT2D eigenvalue weighted by atomic mass is 16.2. The van der Waals surface area contributed by atoms with Gasteiger partial charge < -0.3 is 11.1 Å². The predicted molar refractivity (Wildman–Crippen MR) is 80.7 cm³/mol. The molecule has 0 aliphatic rings. The zero-order valence-electron chi connectivity index (χ0n) is 12.5. The molecule has 0 saturated carbocycles. The van der Waals surface area contributed by atoms with Crippen molar-refractivity contribution in [1.82, 2.24) is 5.32 Å². The number of aryl methyl sites for hydroxylation is 1. The van der Waals surface area contributed by atoms with E-state index in [0.717, 1.165) is 6.42 Å². The van der Waals surface area contributed by atoms with Crippen LogP contribution in [0.15, 0.2) is 24.3 Å². The lowest BCUT2D eigenvalue weighted by Gasteiger charge is -2.24. The van der Waals surface area contributed by atoms with E-state index in [9.17, 15) is 9.59 Å². The number of amides is 1. The summed E-state index contributed by atoms with van der Waals surface area (Å²) >= 11 is 0. The molecule has 0 fully saturated rings. The fourth-order valence-electron chi connectivity index (χ4n) is 1.79. The third kappa shape index (κ3) is 5.13. The van der Waals surface area contributed by atoms with Gasteiger partial charge in [-0.3, -0.25) is 9.59 Å². The number of ketones is 1. The second-order valence-electron chi connectivity index (χ2n) is 5.61. The van der Waals surface area contributed by atoms with E-state index in [-0.39, 0.29) is 24.5 Å². The van der Waals surface area contributed by atoms with Gasteiger partial charge in [0.1, 0.15) is 0 Å². The number of carbonyl (C=O) groups excluding carboxylic acids is 2. The summed E-state index contributed by atoms with van der Waals surface area (Å²) in [5.41, 5.74) is 6.98. The van der Waals surface area contributed by atoms with Crippen molar-refractivity contribution in [3.05, 3.63) is 35.4 Å². The molecule has 4 nitrogen and oxygen atoms in total. The lowest BCUT2D eigenvalue weighted by molar-refractivity contribution is -0.122. The molecule has 0 heterocycles. The highest BCUT2D eigenvalue weighted by Gasteiger charge is 2.18. The third-order valence-electron chi connectivity index (χ3n) is 3.25. The van der Waals surface area contributed by atoms with Crippen LogP contribution in [0.25, 0.3) is 0 Å². The monoisotopic (exact) mass is 276 g/mol. The lowest BCUT2D eigenvalue weighted by Crippen LogP contribution is -2.48. The second kappa shape index (κ2) is 7.20. The maximum absolute atomic E-state index is 12.0. The number of benzene rings is 1. The number of nitrogens with two attached hydrogens (primary N) is 1. The fraction of sp³-hybridized carbons (Fsp3) is 0.500. The van der Waals surface area contributed by atoms with Gasteiger partial charge in [-0.15, -0.1) is 0 Å². The second-order valence-corrected chi connectivity index (χ2v) is 5.61. The van der Waals surface area contributed by atoms with Gasteiger partial charge in [-0.05, 0) is 25.8 Å². The Morgan fingerprint density at radius 2 is 1.75 bits per heavy atom. The van der Waals surface area contributed by atoms with Crippen molar-refractivity contribution in [1.29, 1.82) is 0 Å². The SMILES string of the molecule is CCc1ccc(C(=O)CCC(=O)NC(C)(C)CN)cc1. The lowest BCUT2D eigenvalue weighted by atomic mass is 10.0. The largest absolute Gasteiger partial charge is 0.350 e. The zero-order chi connectivity index (χ0) is 15.2. The van der Waals surface area contributed by atoms with E-state index < -0.39 is 5.54 Å². The molecular weight excluding hydrogens is 252 g/mol. The molecule has 0 saturated heterocycles. The average Bonchev–Trinajstić information content (AvgIpc) is 2.44. The van der Waals surface area contributed by atoms with Crippen molar-refractivity contribution < 1.29 is 9.59 Å². The van der Waals surface area contributed by atoms with E-state index in [1.165, 1.54) is 5.56 Å². The first-order chi connectivity index (χ1) is 9.38. The molecule has 0 aliphatic heterocycles. The minimum absolute atomic E-state index is 0.00615. The first-order valence-electron chi connectivity index (χ1n) is 7.01. The molecule has 20 heavy (non-hydrogen) atoms. The number of hydrogen-bond acceptors (Lipinski definition) is 3. The molecule has 1 aromatic carbocycles. The van der Waals surface area contributed by atoms with Crippen LogP contribution < -0.4 is 11.1 Å². The highest BCUT2D eigenvalue weighted by molar-refractivity contribution is 5.98. The first kappa shape index (κ1) is 16.4. The average molecular weight is 276 g/mol. The minimum Gasteiger partial charge on any atom is -0.350 e. The Morgan fingerprint density at radius 3 is 2.25 bits per heavy atom. The van der Waals surface area contributed by atoms with Crippen LogP contribution in [-0.4, -0.2) is 23.8 Å². The maximum Gasteiger partial charge on any atom is 0.220 e. The Bertz CT molecular complexity index is 464. The first-order valence-corrected chi connectivity index (χ1v) is 7.01. The fourth-order valence-corrected chi connectivity index (χ4v) is 1.79. The Labute approximate surface area is 120 Å². The van der Waals surface area contributed by atoms with Crippen LogP contribution in [0.4, 0.5) is 0 Å². The molecule has 3 N–H and O–H groups in total. The quantitative estimate of drug-likeness (QED) is 0.749. The van der Waals surface area contributed by atoms with Gasteiger partial charge >= 0.3 is 0 Å². The van der Waals surface area contributed by atoms with Crippen molar-refractivity contribution >= 4 is 11.7 Å². The van der Waals surface area contributed by atoms with Crippen molar-refractivity contribution in [3.8, 4) is 0 Å². The number of Topliss-reactive ketones (excluding diaryl/α,β-unsaturated/α-hetero) is 1. The molecule has 0 bridgehead atoms. The van der Waals surface area contributed by atoms with Gasteiger partial charge in [0.05, 0.1) is 0 Å². The summed E-state index contributed by atoms with van der Waals surface area (Å²) in [6, 6.07) is 7.54. The van der Waals surface area contributed by atoms with Gasteiger partial charge in [0.15, 0.2) is 5.78 Å². The Hall–Kier alpha value is -1.68. The number of carbonyl (C=O) groups is 2. The topological polar surface area (TPSA) is 72.2 Å². The number of rotatable bonds is 7. The summed E-state index contributed by atoms with van der Waals surface area (Å²) in [4.78, 5) is 23.7. The number of nitrogens with one attached hydrogen (secondary N) is 1. The molecule has 4 heteroatoms. The summed E-state index contributed by atoms with van der Waals surface area (Å²) in [7, 11) is 0. The minimum atomic E-state index is -0.428. The van der Waals surface area contributed by atoms with Gasteiger partial charge in [-0.1, -0.05) is 31.2 Å². The summed E-state index contributed by atoms with van der Waals surface area (Å²) in [6.45, 7) is 6.15. The van der Waals surface area contributed by atoms with E-state index in [1.54, 1.807) is 0 Å². The third-order valence-corrected chi connectivity index (χ3v) is 3.25. The van der Waals surface area contributed by atoms with Crippen LogP contribution in [0.1, 0.15) is 49.5 Å². The van der Waals surface area contributed by atoms with Crippen molar-refractivity contribution in [2.24, 2.45) is 5.73 Å². The molecule has 1 aromatic rings. The summed E-state index contributed by atoms with van der Waals surface area (Å²) < 4.78 is 0. The van der Waals surface area contributed by atoms with Crippen molar-refractivity contribution in [2.75, 3.05) is 6.54 Å². The van der Waals surface area contributed by atoms with E-state index in [4.69, 9.17) is 5.73 Å². The Kier molecular flexibility index (Phi) is 5.89. The van der Waals surface area contributed by atoms with Crippen LogP contribution in [0.3, 0.4) is 0 Å². The number of hydrogen-bond donors (Lipinski definition) is 2. The predicted octanol–water partition coefficient (Wildman–Crippen LogP) is 2.07. The van der Waals surface area contributed by atoms with Crippen LogP contribution in [0.5, 0.6) is 0 Å². The molecule has 0 radical (unpaired) electrons. The van der Waals surface area contributed by atoms with Crippen LogP contribution in [0, 0.1) is 0 Å². The Morgan fingerprint density at radius 1 is 1.15 bits per heavy atom. The molecule has 0 aliphatic carbocycles. The molecule has 0 spiro atoms. The highest BCUT2D eigenvalue weighted by Crippen LogP contribution is 2.09. The van der Waals surface area contributed by atoms with Gasteiger partial charge in [0.2, 0.25) is 5.91 Å². The molecule has 1 amide bonds. The van der Waals surface area contributed by atoms with E-state index in [0.29, 0.717) is 12.1 Å². The van der Waals surface area contributed by atoms with Gasteiger partial charge in [-0.25, -0.2) is 0 Å². The van der Waals surface area contributed by atoms with Gasteiger partial charge in [0.25, 0.3) is 0 Å². The molecule has 110 valence electrons.